The van der Waals surface area contributed by atoms with Crippen molar-refractivity contribution in [1.82, 2.24) is 14.6 Å². The van der Waals surface area contributed by atoms with Crippen LogP contribution < -0.4 is 20.6 Å². The maximum absolute atomic E-state index is 12.6. The Balaban J connectivity index is 1.56. The molecule has 0 radical (unpaired) electrons. The van der Waals surface area contributed by atoms with E-state index < -0.39 is 5.91 Å². The van der Waals surface area contributed by atoms with Crippen LogP contribution in [0.15, 0.2) is 59.4 Å². The largest absolute Gasteiger partial charge is 0.484 e. The van der Waals surface area contributed by atoms with Gasteiger partial charge in [0.15, 0.2) is 12.4 Å². The summed E-state index contributed by atoms with van der Waals surface area (Å²) in [5, 5.41) is 4.28. The number of nitrogens with zero attached hydrogens (tertiary/aromatic N) is 3. The molecule has 2 aromatic heterocycles. The number of aromatic nitrogens is 3. The molecule has 4 rings (SSSR count). The summed E-state index contributed by atoms with van der Waals surface area (Å²) in [6, 6.07) is 16.8. The van der Waals surface area contributed by atoms with E-state index in [9.17, 15) is 9.59 Å². The number of hydrogen-bond acceptors (Lipinski definition) is 6. The van der Waals surface area contributed by atoms with Gasteiger partial charge in [0.05, 0.1) is 4.53 Å². The molecule has 0 saturated carbocycles. The third kappa shape index (κ3) is 4.39. The van der Waals surface area contributed by atoms with Crippen LogP contribution >= 0.6 is 11.3 Å². The molecule has 144 valence electrons. The maximum atomic E-state index is 12.6. The number of fused-ring (bicyclic) bond motifs is 1. The Morgan fingerprint density at radius 1 is 1.07 bits per heavy atom. The van der Waals surface area contributed by atoms with Crippen molar-refractivity contribution in [2.75, 3.05) is 6.61 Å². The molecule has 7 nitrogen and oxygen atoms in total. The molecule has 0 saturated heterocycles. The number of benzene rings is 2. The van der Waals surface area contributed by atoms with E-state index in [2.05, 4.69) is 10.1 Å². The van der Waals surface area contributed by atoms with Crippen molar-refractivity contribution >= 4 is 40.4 Å². The molecule has 0 unspecified atom stereocenters. The Morgan fingerprint density at radius 3 is 2.52 bits per heavy atom. The Hall–Kier alpha value is -3.78. The van der Waals surface area contributed by atoms with Crippen LogP contribution in [-0.4, -0.2) is 27.1 Å². The van der Waals surface area contributed by atoms with Crippen molar-refractivity contribution in [3.05, 3.63) is 86.4 Å². The molecule has 8 heteroatoms. The fourth-order valence-electron chi connectivity index (χ4n) is 2.62. The van der Waals surface area contributed by atoms with E-state index >= 15 is 0 Å². The smallest absolute Gasteiger partial charge is 0.291 e. The predicted octanol–water partition coefficient (Wildman–Crippen LogP) is 1.73. The Morgan fingerprint density at radius 2 is 1.83 bits per heavy atom. The minimum Gasteiger partial charge on any atom is -0.484 e. The van der Waals surface area contributed by atoms with E-state index in [1.54, 1.807) is 36.4 Å². The summed E-state index contributed by atoms with van der Waals surface area (Å²) < 4.78 is 7.06. The van der Waals surface area contributed by atoms with Gasteiger partial charge in [0.25, 0.3) is 11.5 Å². The fourth-order valence-corrected chi connectivity index (χ4v) is 3.54. The van der Waals surface area contributed by atoms with Crippen molar-refractivity contribution < 1.29 is 9.53 Å². The minimum absolute atomic E-state index is 0.178. The number of hydrogen-bond donors (Lipinski definition) is 1. The molecular formula is C21H16N4O3S. The number of carbonyl (C=O) groups excluding carboxylic acids is 1. The van der Waals surface area contributed by atoms with Gasteiger partial charge in [-0.3, -0.25) is 9.59 Å². The van der Waals surface area contributed by atoms with Crippen LogP contribution in [0.3, 0.4) is 0 Å². The summed E-state index contributed by atoms with van der Waals surface area (Å²) in [5.41, 5.74) is 6.69. The fraction of sp³-hybridized carbons (Fsp3) is 0.0476. The van der Waals surface area contributed by atoms with Gasteiger partial charge >= 0.3 is 0 Å². The molecule has 0 aliphatic rings. The molecule has 2 aromatic carbocycles. The highest BCUT2D eigenvalue weighted by Gasteiger charge is 2.09. The standard InChI is InChI=1S/C21H16N4O3S/c22-18(26)13-28-16-9-6-15(7-10-16)12-17-20(27)25-21(29-17)23-19(24-25)11-8-14-4-2-1-3-5-14/h1-12H,13H2,(H2,22,26)/b11-8+,17-12+. The van der Waals surface area contributed by atoms with Gasteiger partial charge in [0, 0.05) is 0 Å². The number of rotatable bonds is 6. The highest BCUT2D eigenvalue weighted by molar-refractivity contribution is 7.15. The molecule has 29 heavy (non-hydrogen) atoms. The van der Waals surface area contributed by atoms with Gasteiger partial charge in [0.1, 0.15) is 5.75 Å². The molecule has 2 N–H and O–H groups in total. The second-order valence-electron chi connectivity index (χ2n) is 6.15. The topological polar surface area (TPSA) is 99.6 Å². The second-order valence-corrected chi connectivity index (χ2v) is 7.16. The molecule has 2 heterocycles. The van der Waals surface area contributed by atoms with Crippen LogP contribution in [0.2, 0.25) is 0 Å². The van der Waals surface area contributed by atoms with Gasteiger partial charge in [0.2, 0.25) is 4.96 Å². The highest BCUT2D eigenvalue weighted by Crippen LogP contribution is 2.13. The normalized spacial score (nSPS) is 12.1. The lowest BCUT2D eigenvalue weighted by Gasteiger charge is -2.03. The molecule has 0 aliphatic carbocycles. The maximum Gasteiger partial charge on any atom is 0.291 e. The lowest BCUT2D eigenvalue weighted by molar-refractivity contribution is -0.119. The van der Waals surface area contributed by atoms with Crippen molar-refractivity contribution in [2.24, 2.45) is 5.73 Å². The third-order valence-electron chi connectivity index (χ3n) is 3.98. The summed E-state index contributed by atoms with van der Waals surface area (Å²) in [7, 11) is 0. The number of nitrogens with two attached hydrogens (primary N) is 1. The lowest BCUT2D eigenvalue weighted by Crippen LogP contribution is -2.23. The molecule has 0 bridgehead atoms. The van der Waals surface area contributed by atoms with E-state index in [-0.39, 0.29) is 12.2 Å². The molecule has 0 aliphatic heterocycles. The van der Waals surface area contributed by atoms with Crippen molar-refractivity contribution in [3.63, 3.8) is 0 Å². The Bertz CT molecular complexity index is 1290. The Labute approximate surface area is 169 Å². The zero-order chi connectivity index (χ0) is 20.2. The average Bonchev–Trinajstić information content (AvgIpc) is 3.25. The van der Waals surface area contributed by atoms with Crippen molar-refractivity contribution in [2.45, 2.75) is 0 Å². The summed E-state index contributed by atoms with van der Waals surface area (Å²) in [6.07, 6.45) is 5.45. The predicted molar refractivity (Wildman–Crippen MR) is 112 cm³/mol. The summed E-state index contributed by atoms with van der Waals surface area (Å²) in [5.74, 6) is 0.476. The molecule has 4 aromatic rings. The number of primary amides is 1. The second kappa shape index (κ2) is 8.07. The number of thiazole rings is 1. The van der Waals surface area contributed by atoms with Crippen LogP contribution in [0.25, 0.3) is 23.2 Å². The average molecular weight is 404 g/mol. The van der Waals surface area contributed by atoms with Crippen LogP contribution in [0.1, 0.15) is 17.0 Å². The van der Waals surface area contributed by atoms with Crippen LogP contribution in [0.5, 0.6) is 5.75 Å². The first-order valence-electron chi connectivity index (χ1n) is 8.74. The highest BCUT2D eigenvalue weighted by atomic mass is 32.1. The van der Waals surface area contributed by atoms with E-state index in [1.165, 1.54) is 15.9 Å². The third-order valence-corrected chi connectivity index (χ3v) is 4.94. The van der Waals surface area contributed by atoms with Crippen LogP contribution in [0, 0.1) is 0 Å². The molecule has 0 fully saturated rings. The molecule has 0 spiro atoms. The van der Waals surface area contributed by atoms with Gasteiger partial charge in [-0.1, -0.05) is 59.9 Å². The van der Waals surface area contributed by atoms with Crippen molar-refractivity contribution in [3.8, 4) is 5.75 Å². The van der Waals surface area contributed by atoms with E-state index in [0.717, 1.165) is 11.1 Å². The first kappa shape index (κ1) is 18.6. The summed E-state index contributed by atoms with van der Waals surface area (Å²) in [4.78, 5) is 28.3. The van der Waals surface area contributed by atoms with Crippen molar-refractivity contribution in [1.29, 1.82) is 0 Å². The van der Waals surface area contributed by atoms with Gasteiger partial charge in [-0.2, -0.15) is 9.50 Å². The van der Waals surface area contributed by atoms with Crippen LogP contribution in [0.4, 0.5) is 0 Å². The zero-order valence-electron chi connectivity index (χ0n) is 15.2. The number of ether oxygens (including phenoxy) is 1. The Kier molecular flexibility index (Phi) is 5.17. The first-order valence-corrected chi connectivity index (χ1v) is 9.56. The SMILES string of the molecule is NC(=O)COc1ccc(/C=c2/sc3nc(/C=C/c4ccccc4)nn3c2=O)cc1. The lowest BCUT2D eigenvalue weighted by atomic mass is 10.2. The molecule has 1 amide bonds. The number of carbonyl (C=O) groups is 1. The first-order chi connectivity index (χ1) is 14.1. The molecule has 0 atom stereocenters. The molecular weight excluding hydrogens is 388 g/mol. The van der Waals surface area contributed by atoms with Crippen LogP contribution in [-0.2, 0) is 4.79 Å². The van der Waals surface area contributed by atoms with E-state index in [1.807, 2.05) is 36.4 Å². The zero-order valence-corrected chi connectivity index (χ0v) is 16.0. The van der Waals surface area contributed by atoms with Gasteiger partial charge < -0.3 is 10.5 Å². The van der Waals surface area contributed by atoms with Gasteiger partial charge in [-0.15, -0.1) is 5.10 Å². The monoisotopic (exact) mass is 404 g/mol. The summed E-state index contributed by atoms with van der Waals surface area (Å²) in [6.45, 7) is -0.178. The van der Waals surface area contributed by atoms with E-state index in [0.29, 0.717) is 21.1 Å². The summed E-state index contributed by atoms with van der Waals surface area (Å²) >= 11 is 1.27. The van der Waals surface area contributed by atoms with E-state index in [4.69, 9.17) is 10.5 Å². The van der Waals surface area contributed by atoms with Gasteiger partial charge in [-0.25, -0.2) is 0 Å². The minimum atomic E-state index is -0.538. The quantitative estimate of drug-likeness (QED) is 0.528. The van der Waals surface area contributed by atoms with Gasteiger partial charge in [-0.05, 0) is 35.4 Å². The number of amides is 1.